The lowest BCUT2D eigenvalue weighted by Crippen LogP contribution is -2.38. The van der Waals surface area contributed by atoms with Crippen LogP contribution in [-0.4, -0.2) is 62.4 Å². The van der Waals surface area contributed by atoms with Crippen molar-refractivity contribution in [2.45, 2.75) is 37.3 Å². The quantitative estimate of drug-likeness (QED) is 0.386. The Morgan fingerprint density at radius 1 is 1.23 bits per heavy atom. The normalized spacial score (nSPS) is 17.2. The molecule has 0 aliphatic carbocycles. The molecule has 4 rings (SSSR count). The molecule has 10 nitrogen and oxygen atoms in total. The van der Waals surface area contributed by atoms with Crippen molar-refractivity contribution in [3.8, 4) is 17.2 Å². The summed E-state index contributed by atoms with van der Waals surface area (Å²) in [4.78, 5) is 15.4. The van der Waals surface area contributed by atoms with Gasteiger partial charge in [0.1, 0.15) is 28.7 Å². The Morgan fingerprint density at radius 3 is 2.56 bits per heavy atom. The highest BCUT2D eigenvalue weighted by molar-refractivity contribution is 7.93. The largest absolute Gasteiger partial charge is 0.497 e. The number of carbonyl (C=O) groups is 1. The number of anilines is 1. The number of aromatic nitrogens is 1. The topological polar surface area (TPSA) is 118 Å². The van der Waals surface area contributed by atoms with E-state index in [1.165, 1.54) is 27.3 Å². The number of benzene rings is 2. The SMILES string of the molecule is COc1ccc(CN(c2nccs2)S(=O)(=O)c2c(F)cc(OC3(C)CCN(C(=O)O)C3)c(C)c2F)c(OC)c1. The summed E-state index contributed by atoms with van der Waals surface area (Å²) in [7, 11) is -1.95. The fourth-order valence-electron chi connectivity index (χ4n) is 4.30. The Balaban J connectivity index is 1.74. The van der Waals surface area contributed by atoms with Gasteiger partial charge in [0.25, 0.3) is 10.0 Å². The molecule has 1 amide bonds. The Labute approximate surface area is 228 Å². The predicted octanol–water partition coefficient (Wildman–Crippen LogP) is 4.66. The zero-order valence-corrected chi connectivity index (χ0v) is 23.2. The molecule has 2 heterocycles. The number of sulfonamides is 1. The lowest BCUT2D eigenvalue weighted by molar-refractivity contribution is 0.0900. The van der Waals surface area contributed by atoms with Crippen molar-refractivity contribution in [3.05, 3.63) is 58.6 Å². The second-order valence-corrected chi connectivity index (χ2v) is 11.8. The first-order valence-corrected chi connectivity index (χ1v) is 14.0. The molecule has 1 aliphatic rings. The summed E-state index contributed by atoms with van der Waals surface area (Å²) in [5.74, 6) is -2.09. The summed E-state index contributed by atoms with van der Waals surface area (Å²) in [6, 6.07) is 5.57. The first kappa shape index (κ1) is 28.4. The molecule has 0 bridgehead atoms. The maximum Gasteiger partial charge on any atom is 0.407 e. The molecule has 1 N–H and O–H groups in total. The van der Waals surface area contributed by atoms with E-state index >= 15 is 8.78 Å². The third kappa shape index (κ3) is 5.57. The fourth-order valence-corrected chi connectivity index (χ4v) is 6.74. The van der Waals surface area contributed by atoms with Crippen LogP contribution in [0.5, 0.6) is 17.2 Å². The lowest BCUT2D eigenvalue weighted by Gasteiger charge is -2.28. The molecular formula is C25H27F2N3O7S2. The van der Waals surface area contributed by atoms with Crippen molar-refractivity contribution < 1.29 is 41.3 Å². The van der Waals surface area contributed by atoms with Gasteiger partial charge in [-0.1, -0.05) is 0 Å². The summed E-state index contributed by atoms with van der Waals surface area (Å²) in [6.07, 6.45) is 0.545. The number of carboxylic acid groups (broad SMARTS) is 1. The van der Waals surface area contributed by atoms with Crippen LogP contribution < -0.4 is 18.5 Å². The van der Waals surface area contributed by atoms with Crippen LogP contribution in [0.25, 0.3) is 0 Å². The summed E-state index contributed by atoms with van der Waals surface area (Å²) >= 11 is 0.983. The highest BCUT2D eigenvalue weighted by Gasteiger charge is 2.40. The zero-order chi connectivity index (χ0) is 28.5. The number of halogens is 2. The third-order valence-corrected chi connectivity index (χ3v) is 9.11. The van der Waals surface area contributed by atoms with E-state index in [0.717, 1.165) is 26.6 Å². The maximum absolute atomic E-state index is 15.7. The van der Waals surface area contributed by atoms with Crippen LogP contribution in [-0.2, 0) is 16.6 Å². The van der Waals surface area contributed by atoms with E-state index in [4.69, 9.17) is 14.2 Å². The van der Waals surface area contributed by atoms with E-state index in [1.54, 1.807) is 30.5 Å². The first-order valence-electron chi connectivity index (χ1n) is 11.7. The molecular weight excluding hydrogens is 556 g/mol. The van der Waals surface area contributed by atoms with Gasteiger partial charge in [0.15, 0.2) is 15.8 Å². The highest BCUT2D eigenvalue weighted by atomic mass is 32.2. The minimum absolute atomic E-state index is 0.00289. The molecule has 1 aromatic heterocycles. The van der Waals surface area contributed by atoms with Crippen molar-refractivity contribution in [1.29, 1.82) is 0 Å². The van der Waals surface area contributed by atoms with Crippen LogP contribution in [0.2, 0.25) is 0 Å². The standard InChI is InChI=1S/C25H27F2N3O7S2/c1-15-19(37-25(2)7-9-29(14-25)24(31)32)12-18(26)22(21(15)27)39(33,34)30(23-28-8-10-38-23)13-16-5-6-17(35-3)11-20(16)36-4/h5-6,8,10-12H,7,9,13-14H2,1-4H3,(H,31,32). The van der Waals surface area contributed by atoms with Gasteiger partial charge in [-0.15, -0.1) is 11.3 Å². The average Bonchev–Trinajstić information content (AvgIpc) is 3.55. The van der Waals surface area contributed by atoms with Crippen molar-refractivity contribution in [1.82, 2.24) is 9.88 Å². The van der Waals surface area contributed by atoms with Crippen LogP contribution >= 0.6 is 11.3 Å². The molecule has 1 atom stereocenters. The number of hydrogen-bond acceptors (Lipinski definition) is 8. The minimum Gasteiger partial charge on any atom is -0.497 e. The molecule has 1 saturated heterocycles. The summed E-state index contributed by atoms with van der Waals surface area (Å²) in [6.45, 7) is 2.76. The van der Waals surface area contributed by atoms with Gasteiger partial charge in [-0.05, 0) is 26.0 Å². The van der Waals surface area contributed by atoms with E-state index < -0.39 is 38.2 Å². The fraction of sp³-hybridized carbons (Fsp3) is 0.360. The van der Waals surface area contributed by atoms with Gasteiger partial charge in [0, 0.05) is 47.8 Å². The molecule has 1 aliphatic heterocycles. The van der Waals surface area contributed by atoms with Crippen molar-refractivity contribution in [3.63, 3.8) is 0 Å². The third-order valence-electron chi connectivity index (χ3n) is 6.42. The molecule has 210 valence electrons. The number of ether oxygens (including phenoxy) is 3. The van der Waals surface area contributed by atoms with E-state index in [0.29, 0.717) is 23.5 Å². The van der Waals surface area contributed by atoms with Gasteiger partial charge in [-0.3, -0.25) is 0 Å². The Morgan fingerprint density at radius 2 is 1.97 bits per heavy atom. The molecule has 3 aromatic rings. The van der Waals surface area contributed by atoms with Crippen LogP contribution in [0, 0.1) is 18.6 Å². The number of amides is 1. The van der Waals surface area contributed by atoms with Crippen LogP contribution in [0.1, 0.15) is 24.5 Å². The monoisotopic (exact) mass is 583 g/mol. The second-order valence-electron chi connectivity index (χ2n) is 9.13. The average molecular weight is 584 g/mol. The predicted molar refractivity (Wildman–Crippen MR) is 139 cm³/mol. The molecule has 39 heavy (non-hydrogen) atoms. The Hall–Kier alpha value is -3.65. The number of thiazole rings is 1. The van der Waals surface area contributed by atoms with Gasteiger partial charge >= 0.3 is 6.09 Å². The highest BCUT2D eigenvalue weighted by Crippen LogP contribution is 2.38. The Kier molecular flexibility index (Phi) is 7.89. The molecule has 1 unspecified atom stereocenters. The summed E-state index contributed by atoms with van der Waals surface area (Å²) < 4.78 is 76.1. The molecule has 1 fully saturated rings. The Bertz CT molecular complexity index is 1490. The zero-order valence-electron chi connectivity index (χ0n) is 21.6. The number of nitrogens with zero attached hydrogens (tertiary/aromatic N) is 3. The van der Waals surface area contributed by atoms with Crippen molar-refractivity contribution in [2.75, 3.05) is 31.6 Å². The van der Waals surface area contributed by atoms with E-state index in [9.17, 15) is 18.3 Å². The molecule has 0 saturated carbocycles. The lowest BCUT2D eigenvalue weighted by atomic mass is 10.1. The summed E-state index contributed by atoms with van der Waals surface area (Å²) in [5.41, 5.74) is -0.863. The van der Waals surface area contributed by atoms with Gasteiger partial charge in [-0.25, -0.2) is 31.3 Å². The van der Waals surface area contributed by atoms with Crippen LogP contribution in [0.3, 0.4) is 0 Å². The van der Waals surface area contributed by atoms with E-state index in [2.05, 4.69) is 4.98 Å². The molecule has 0 spiro atoms. The number of likely N-dealkylation sites (tertiary alicyclic amines) is 1. The molecule has 0 radical (unpaired) electrons. The van der Waals surface area contributed by atoms with Crippen LogP contribution in [0.15, 0.2) is 40.7 Å². The van der Waals surface area contributed by atoms with E-state index in [1.807, 2.05) is 0 Å². The smallest absolute Gasteiger partial charge is 0.407 e. The number of hydrogen-bond donors (Lipinski definition) is 1. The van der Waals surface area contributed by atoms with Crippen molar-refractivity contribution >= 4 is 32.6 Å². The molecule has 2 aromatic carbocycles. The van der Waals surface area contributed by atoms with Gasteiger partial charge in [-0.2, -0.15) is 0 Å². The van der Waals surface area contributed by atoms with Gasteiger partial charge < -0.3 is 24.2 Å². The van der Waals surface area contributed by atoms with Gasteiger partial charge in [0.2, 0.25) is 0 Å². The summed E-state index contributed by atoms with van der Waals surface area (Å²) in [5, 5.41) is 10.8. The van der Waals surface area contributed by atoms with Crippen molar-refractivity contribution in [2.24, 2.45) is 0 Å². The second kappa shape index (κ2) is 10.8. The van der Waals surface area contributed by atoms with Gasteiger partial charge in [0.05, 0.1) is 27.3 Å². The van der Waals surface area contributed by atoms with Crippen LogP contribution in [0.4, 0.5) is 18.7 Å². The van der Waals surface area contributed by atoms with E-state index in [-0.39, 0.29) is 36.1 Å². The molecule has 14 heteroatoms. The maximum atomic E-state index is 15.7. The minimum atomic E-state index is -4.82. The first-order chi connectivity index (χ1) is 18.4. The number of rotatable bonds is 9. The number of methoxy groups -OCH3 is 2.